The molecule has 8 heteroatoms. The second-order valence-corrected chi connectivity index (χ2v) is 5.20. The molecule has 3 rings (SSSR count). The van der Waals surface area contributed by atoms with Crippen LogP contribution in [0.25, 0.3) is 11.2 Å². The van der Waals surface area contributed by atoms with Gasteiger partial charge in [0.15, 0.2) is 11.2 Å². The molecule has 0 aliphatic rings. The SMILES string of the molecule is CC(Nc1nc2nc[nH]c2c(=O)[nH]1)c1ccn(C(C)C)n1. The van der Waals surface area contributed by atoms with Crippen molar-refractivity contribution >= 4 is 17.1 Å². The van der Waals surface area contributed by atoms with E-state index in [1.807, 2.05) is 23.9 Å². The van der Waals surface area contributed by atoms with E-state index in [0.717, 1.165) is 5.69 Å². The maximum absolute atomic E-state index is 11.8. The summed E-state index contributed by atoms with van der Waals surface area (Å²) in [5.74, 6) is 0.381. The number of hydrogen-bond donors (Lipinski definition) is 3. The fourth-order valence-electron chi connectivity index (χ4n) is 2.06. The number of imidazole rings is 1. The first-order valence-electron chi connectivity index (χ1n) is 6.79. The van der Waals surface area contributed by atoms with E-state index in [2.05, 4.69) is 44.2 Å². The third-order valence-corrected chi connectivity index (χ3v) is 3.25. The third-order valence-electron chi connectivity index (χ3n) is 3.25. The normalized spacial score (nSPS) is 13.0. The van der Waals surface area contributed by atoms with E-state index in [1.54, 1.807) is 0 Å². The lowest BCUT2D eigenvalue weighted by atomic mass is 10.2. The highest BCUT2D eigenvalue weighted by atomic mass is 16.1. The Balaban J connectivity index is 1.84. The molecule has 3 N–H and O–H groups in total. The van der Waals surface area contributed by atoms with E-state index in [1.165, 1.54) is 6.33 Å². The zero-order chi connectivity index (χ0) is 15.0. The van der Waals surface area contributed by atoms with Crippen LogP contribution in [0.5, 0.6) is 0 Å². The first kappa shape index (κ1) is 13.3. The smallest absolute Gasteiger partial charge is 0.278 e. The summed E-state index contributed by atoms with van der Waals surface area (Å²) in [5.41, 5.74) is 1.40. The van der Waals surface area contributed by atoms with Gasteiger partial charge in [0.2, 0.25) is 5.95 Å². The van der Waals surface area contributed by atoms with Crippen LogP contribution in [-0.2, 0) is 0 Å². The fourth-order valence-corrected chi connectivity index (χ4v) is 2.06. The Kier molecular flexibility index (Phi) is 3.20. The lowest BCUT2D eigenvalue weighted by molar-refractivity contribution is 0.523. The molecule has 0 fully saturated rings. The summed E-state index contributed by atoms with van der Waals surface area (Å²) in [5, 5.41) is 7.63. The molecule has 0 aliphatic carbocycles. The van der Waals surface area contributed by atoms with Gasteiger partial charge >= 0.3 is 0 Å². The number of fused-ring (bicyclic) bond motifs is 1. The Morgan fingerprint density at radius 2 is 2.14 bits per heavy atom. The molecule has 3 aromatic rings. The molecule has 0 saturated carbocycles. The minimum Gasteiger partial charge on any atom is -0.348 e. The van der Waals surface area contributed by atoms with Crippen LogP contribution in [-0.4, -0.2) is 29.7 Å². The highest BCUT2D eigenvalue weighted by Gasteiger charge is 2.12. The van der Waals surface area contributed by atoms with E-state index >= 15 is 0 Å². The van der Waals surface area contributed by atoms with E-state index < -0.39 is 0 Å². The molecular weight excluding hydrogens is 270 g/mol. The van der Waals surface area contributed by atoms with Crippen LogP contribution in [0.1, 0.15) is 38.5 Å². The van der Waals surface area contributed by atoms with Crippen LogP contribution < -0.4 is 10.9 Å². The monoisotopic (exact) mass is 287 g/mol. The van der Waals surface area contributed by atoms with Gasteiger partial charge in [-0.1, -0.05) is 0 Å². The molecule has 0 aliphatic heterocycles. The second-order valence-electron chi connectivity index (χ2n) is 5.20. The highest BCUT2D eigenvalue weighted by molar-refractivity contribution is 5.69. The summed E-state index contributed by atoms with van der Waals surface area (Å²) >= 11 is 0. The molecule has 0 amide bonds. The molecule has 0 radical (unpaired) electrons. The zero-order valence-corrected chi connectivity index (χ0v) is 12.1. The Bertz CT molecular complexity index is 813. The first-order valence-corrected chi connectivity index (χ1v) is 6.79. The predicted octanol–water partition coefficient (Wildman–Crippen LogP) is 1.60. The van der Waals surface area contributed by atoms with E-state index in [-0.39, 0.29) is 11.6 Å². The topological polar surface area (TPSA) is 104 Å². The number of nitrogens with one attached hydrogen (secondary N) is 3. The maximum atomic E-state index is 11.8. The lowest BCUT2D eigenvalue weighted by Crippen LogP contribution is -2.16. The number of H-pyrrole nitrogens is 2. The van der Waals surface area contributed by atoms with Crippen LogP contribution in [0.3, 0.4) is 0 Å². The molecule has 3 aromatic heterocycles. The van der Waals surface area contributed by atoms with Crippen molar-refractivity contribution in [3.05, 3.63) is 34.6 Å². The van der Waals surface area contributed by atoms with Gasteiger partial charge in [0.1, 0.15) is 0 Å². The summed E-state index contributed by atoms with van der Waals surface area (Å²) in [6.07, 6.45) is 3.38. The van der Waals surface area contributed by atoms with Crippen molar-refractivity contribution in [1.29, 1.82) is 0 Å². The van der Waals surface area contributed by atoms with Gasteiger partial charge in [0.25, 0.3) is 5.56 Å². The van der Waals surface area contributed by atoms with Gasteiger partial charge in [-0.25, -0.2) is 4.98 Å². The number of rotatable bonds is 4. The molecule has 21 heavy (non-hydrogen) atoms. The van der Waals surface area contributed by atoms with Gasteiger partial charge < -0.3 is 10.3 Å². The van der Waals surface area contributed by atoms with Gasteiger partial charge in [0.05, 0.1) is 18.1 Å². The number of aromatic amines is 2. The van der Waals surface area contributed by atoms with Gasteiger partial charge in [-0.3, -0.25) is 14.5 Å². The molecular formula is C13H17N7O. The Morgan fingerprint density at radius 1 is 1.33 bits per heavy atom. The lowest BCUT2D eigenvalue weighted by Gasteiger charge is -2.12. The van der Waals surface area contributed by atoms with Gasteiger partial charge in [-0.05, 0) is 26.8 Å². The molecule has 8 nitrogen and oxygen atoms in total. The van der Waals surface area contributed by atoms with Crippen molar-refractivity contribution in [1.82, 2.24) is 29.7 Å². The Labute approximate surface area is 120 Å². The van der Waals surface area contributed by atoms with E-state index in [4.69, 9.17) is 0 Å². The standard InChI is InChI=1S/C13H17N7O/c1-7(2)20-5-4-9(19-20)8(3)16-13-17-11-10(12(21)18-13)14-6-15-11/h4-8H,1-3H3,(H3,14,15,16,17,18,21). The number of aromatic nitrogens is 6. The average Bonchev–Trinajstić information content (AvgIpc) is 3.07. The minimum absolute atomic E-state index is 0.0791. The van der Waals surface area contributed by atoms with Gasteiger partial charge in [-0.2, -0.15) is 10.1 Å². The van der Waals surface area contributed by atoms with Crippen molar-refractivity contribution in [2.75, 3.05) is 5.32 Å². The van der Waals surface area contributed by atoms with E-state index in [9.17, 15) is 4.79 Å². The van der Waals surface area contributed by atoms with Crippen molar-refractivity contribution in [2.24, 2.45) is 0 Å². The second kappa shape index (κ2) is 5.04. The molecule has 110 valence electrons. The highest BCUT2D eigenvalue weighted by Crippen LogP contribution is 2.16. The van der Waals surface area contributed by atoms with Crippen molar-refractivity contribution in [3.63, 3.8) is 0 Å². The third kappa shape index (κ3) is 2.51. The first-order chi connectivity index (χ1) is 10.0. The predicted molar refractivity (Wildman–Crippen MR) is 79.2 cm³/mol. The fraction of sp³-hybridized carbons (Fsp3) is 0.385. The molecule has 0 aromatic carbocycles. The molecule has 0 saturated heterocycles. The minimum atomic E-state index is -0.250. The van der Waals surface area contributed by atoms with Crippen LogP contribution in [0.2, 0.25) is 0 Å². The molecule has 3 heterocycles. The van der Waals surface area contributed by atoms with Crippen molar-refractivity contribution in [2.45, 2.75) is 32.9 Å². The average molecular weight is 287 g/mol. The van der Waals surface area contributed by atoms with Crippen LogP contribution in [0, 0.1) is 0 Å². The molecule has 0 spiro atoms. The van der Waals surface area contributed by atoms with Crippen LogP contribution in [0.4, 0.5) is 5.95 Å². The summed E-state index contributed by atoms with van der Waals surface area (Å²) in [6.45, 7) is 6.10. The molecule has 1 unspecified atom stereocenters. The van der Waals surface area contributed by atoms with Crippen LogP contribution >= 0.6 is 0 Å². The van der Waals surface area contributed by atoms with Crippen LogP contribution in [0.15, 0.2) is 23.4 Å². The van der Waals surface area contributed by atoms with Crippen molar-refractivity contribution < 1.29 is 0 Å². The van der Waals surface area contributed by atoms with E-state index in [0.29, 0.717) is 23.2 Å². The van der Waals surface area contributed by atoms with Crippen molar-refractivity contribution in [3.8, 4) is 0 Å². The Morgan fingerprint density at radius 3 is 2.86 bits per heavy atom. The number of nitrogens with zero attached hydrogens (tertiary/aromatic N) is 4. The summed E-state index contributed by atoms with van der Waals surface area (Å²) in [6, 6.07) is 2.18. The molecule has 0 bridgehead atoms. The molecule has 1 atom stereocenters. The number of anilines is 1. The Hall–Kier alpha value is -2.64. The zero-order valence-electron chi connectivity index (χ0n) is 12.1. The quantitative estimate of drug-likeness (QED) is 0.676. The number of hydrogen-bond acceptors (Lipinski definition) is 5. The summed E-state index contributed by atoms with van der Waals surface area (Å²) in [4.78, 5) is 25.5. The summed E-state index contributed by atoms with van der Waals surface area (Å²) < 4.78 is 1.89. The largest absolute Gasteiger partial charge is 0.348 e. The summed E-state index contributed by atoms with van der Waals surface area (Å²) in [7, 11) is 0. The van der Waals surface area contributed by atoms with Gasteiger partial charge in [-0.15, -0.1) is 0 Å². The van der Waals surface area contributed by atoms with Gasteiger partial charge in [0, 0.05) is 12.2 Å². The maximum Gasteiger partial charge on any atom is 0.278 e.